The quantitative estimate of drug-likeness (QED) is 0.369. The molecule has 35 heavy (non-hydrogen) atoms. The summed E-state index contributed by atoms with van der Waals surface area (Å²) < 4.78 is 19.9. The first-order valence-corrected chi connectivity index (χ1v) is 11.3. The Bertz CT molecular complexity index is 935. The van der Waals surface area contributed by atoms with Gasteiger partial charge in [0, 0.05) is 12.1 Å². The Kier molecular flexibility index (Phi) is 15.9. The lowest BCUT2D eigenvalue weighted by Crippen LogP contribution is -2.26. The van der Waals surface area contributed by atoms with E-state index in [9.17, 15) is 14.4 Å². The predicted octanol–water partition coefficient (Wildman–Crippen LogP) is 3.13. The molecular formula is C25H37N3O7. The lowest BCUT2D eigenvalue weighted by Gasteiger charge is -2.17. The summed E-state index contributed by atoms with van der Waals surface area (Å²) in [6, 6.07) is 9.79. The molecule has 0 aliphatic rings. The summed E-state index contributed by atoms with van der Waals surface area (Å²) in [5, 5.41) is 0. The molecule has 0 fully saturated rings. The van der Waals surface area contributed by atoms with Gasteiger partial charge < -0.3 is 24.7 Å². The molecule has 2 rings (SSSR count). The second-order valence-corrected chi connectivity index (χ2v) is 6.54. The Morgan fingerprint density at radius 3 is 2.00 bits per heavy atom. The SMILES string of the molecule is CC.CC.COC(=O)COc1ccc(C(=O)CN(C)Cc2cccc(N)n2)cc1OCC(=O)OC. The number of esters is 2. The van der Waals surface area contributed by atoms with Crippen LogP contribution in [-0.2, 0) is 25.6 Å². The highest BCUT2D eigenvalue weighted by atomic mass is 16.6. The number of Topliss-reactive ketones (excluding diaryl/α,β-unsaturated/α-hetero) is 1. The molecule has 0 spiro atoms. The number of carbonyl (C=O) groups is 3. The lowest BCUT2D eigenvalue weighted by molar-refractivity contribution is -0.144. The summed E-state index contributed by atoms with van der Waals surface area (Å²) in [4.78, 5) is 41.5. The summed E-state index contributed by atoms with van der Waals surface area (Å²) in [5.41, 5.74) is 6.77. The van der Waals surface area contributed by atoms with Crippen LogP contribution in [0.15, 0.2) is 36.4 Å². The number of rotatable bonds is 11. The van der Waals surface area contributed by atoms with Gasteiger partial charge in [-0.25, -0.2) is 14.6 Å². The van der Waals surface area contributed by atoms with Crippen molar-refractivity contribution in [3.8, 4) is 11.5 Å². The largest absolute Gasteiger partial charge is 0.478 e. The van der Waals surface area contributed by atoms with Gasteiger partial charge in [-0.15, -0.1) is 0 Å². The number of benzene rings is 1. The number of pyridine rings is 1. The number of aromatic nitrogens is 1. The Labute approximate surface area is 207 Å². The van der Waals surface area contributed by atoms with Crippen LogP contribution in [-0.4, -0.2) is 68.6 Å². The molecule has 0 aliphatic heterocycles. The smallest absolute Gasteiger partial charge is 0.343 e. The number of likely N-dealkylation sites (N-methyl/N-ethyl adjacent to an activating group) is 1. The van der Waals surface area contributed by atoms with Crippen LogP contribution < -0.4 is 15.2 Å². The summed E-state index contributed by atoms with van der Waals surface area (Å²) in [6.07, 6.45) is 0. The highest BCUT2D eigenvalue weighted by Gasteiger charge is 2.16. The van der Waals surface area contributed by atoms with E-state index in [1.165, 1.54) is 26.4 Å². The van der Waals surface area contributed by atoms with Gasteiger partial charge in [0.05, 0.1) is 26.5 Å². The molecule has 0 radical (unpaired) electrons. The van der Waals surface area contributed by atoms with Crippen LogP contribution in [0.5, 0.6) is 11.5 Å². The van der Waals surface area contributed by atoms with Gasteiger partial charge in [-0.1, -0.05) is 33.8 Å². The number of nitrogens with two attached hydrogens (primary N) is 1. The number of ketones is 1. The van der Waals surface area contributed by atoms with E-state index >= 15 is 0 Å². The van der Waals surface area contributed by atoms with E-state index in [1.54, 1.807) is 30.1 Å². The second kappa shape index (κ2) is 17.8. The summed E-state index contributed by atoms with van der Waals surface area (Å²) >= 11 is 0. The summed E-state index contributed by atoms with van der Waals surface area (Å²) in [5.74, 6) is -0.662. The molecule has 10 heteroatoms. The molecule has 2 aromatic rings. The van der Waals surface area contributed by atoms with Crippen molar-refractivity contribution in [2.24, 2.45) is 0 Å². The fraction of sp³-hybridized carbons (Fsp3) is 0.440. The van der Waals surface area contributed by atoms with Crippen LogP contribution in [0.3, 0.4) is 0 Å². The van der Waals surface area contributed by atoms with Crippen molar-refractivity contribution >= 4 is 23.5 Å². The number of carbonyl (C=O) groups excluding carboxylic acids is 3. The Hall–Kier alpha value is -3.66. The van der Waals surface area contributed by atoms with Gasteiger partial charge in [0.2, 0.25) is 0 Å². The zero-order valence-electron chi connectivity index (χ0n) is 21.6. The standard InChI is InChI=1S/C21H25N3O7.2C2H6/c1-24(10-15-5-4-6-19(22)23-15)11-16(25)14-7-8-17(30-12-20(26)28-2)18(9-14)31-13-21(27)29-3;2*1-2/h4-9H,10-13H2,1-3H3,(H2,22,23);2*1-2H3. The van der Waals surface area contributed by atoms with Crippen LogP contribution in [0.4, 0.5) is 5.82 Å². The van der Waals surface area contributed by atoms with E-state index in [2.05, 4.69) is 14.5 Å². The highest BCUT2D eigenvalue weighted by molar-refractivity contribution is 5.98. The van der Waals surface area contributed by atoms with Gasteiger partial charge in [-0.2, -0.15) is 0 Å². The van der Waals surface area contributed by atoms with Gasteiger partial charge in [-0.3, -0.25) is 9.69 Å². The fourth-order valence-corrected chi connectivity index (χ4v) is 2.56. The van der Waals surface area contributed by atoms with Gasteiger partial charge >= 0.3 is 11.9 Å². The van der Waals surface area contributed by atoms with E-state index in [0.29, 0.717) is 17.9 Å². The lowest BCUT2D eigenvalue weighted by atomic mass is 10.1. The fourth-order valence-electron chi connectivity index (χ4n) is 2.56. The molecule has 194 valence electrons. The van der Waals surface area contributed by atoms with E-state index in [0.717, 1.165) is 5.69 Å². The van der Waals surface area contributed by atoms with Crippen molar-refractivity contribution in [2.45, 2.75) is 34.2 Å². The molecule has 0 bridgehead atoms. The van der Waals surface area contributed by atoms with Crippen molar-refractivity contribution < 1.29 is 33.3 Å². The maximum Gasteiger partial charge on any atom is 0.343 e. The second-order valence-electron chi connectivity index (χ2n) is 6.54. The Morgan fingerprint density at radius 2 is 1.46 bits per heavy atom. The molecule has 0 unspecified atom stereocenters. The average Bonchev–Trinajstić information content (AvgIpc) is 2.88. The Balaban J connectivity index is 0.00000274. The van der Waals surface area contributed by atoms with Crippen molar-refractivity contribution in [2.75, 3.05) is 46.8 Å². The first-order chi connectivity index (χ1) is 16.8. The van der Waals surface area contributed by atoms with Crippen molar-refractivity contribution in [3.63, 3.8) is 0 Å². The summed E-state index contributed by atoms with van der Waals surface area (Å²) in [7, 11) is 4.24. The number of nitrogens with zero attached hydrogens (tertiary/aromatic N) is 2. The Morgan fingerprint density at radius 1 is 0.886 bits per heavy atom. The third-order valence-corrected chi connectivity index (χ3v) is 4.09. The molecule has 1 aromatic heterocycles. The zero-order valence-corrected chi connectivity index (χ0v) is 21.6. The molecule has 0 aliphatic carbocycles. The molecule has 1 aromatic carbocycles. The van der Waals surface area contributed by atoms with Gasteiger partial charge in [-0.05, 0) is 37.4 Å². The number of ether oxygens (including phenoxy) is 4. The zero-order chi connectivity index (χ0) is 26.8. The van der Waals surface area contributed by atoms with Gasteiger partial charge in [0.15, 0.2) is 30.5 Å². The van der Waals surface area contributed by atoms with E-state index in [4.69, 9.17) is 15.2 Å². The number of hydrogen-bond donors (Lipinski definition) is 1. The molecule has 2 N–H and O–H groups in total. The minimum Gasteiger partial charge on any atom is -0.478 e. The highest BCUT2D eigenvalue weighted by Crippen LogP contribution is 2.29. The molecule has 0 saturated carbocycles. The van der Waals surface area contributed by atoms with Gasteiger partial charge in [0.1, 0.15) is 5.82 Å². The van der Waals surface area contributed by atoms with Crippen LogP contribution in [0.25, 0.3) is 0 Å². The predicted molar refractivity (Wildman–Crippen MR) is 133 cm³/mol. The molecule has 1 heterocycles. The van der Waals surface area contributed by atoms with E-state index in [1.807, 2.05) is 33.8 Å². The number of anilines is 1. The van der Waals surface area contributed by atoms with Crippen LogP contribution in [0, 0.1) is 0 Å². The van der Waals surface area contributed by atoms with Crippen LogP contribution in [0.2, 0.25) is 0 Å². The molecule has 0 atom stereocenters. The minimum atomic E-state index is -0.606. The topological polar surface area (TPSA) is 130 Å². The first kappa shape index (κ1) is 31.3. The molecule has 0 amide bonds. The van der Waals surface area contributed by atoms with Crippen LogP contribution >= 0.6 is 0 Å². The monoisotopic (exact) mass is 491 g/mol. The normalized spacial score (nSPS) is 9.60. The van der Waals surface area contributed by atoms with Crippen molar-refractivity contribution in [3.05, 3.63) is 47.7 Å². The van der Waals surface area contributed by atoms with Crippen LogP contribution in [0.1, 0.15) is 43.7 Å². The average molecular weight is 492 g/mol. The third kappa shape index (κ3) is 11.9. The van der Waals surface area contributed by atoms with E-state index < -0.39 is 11.9 Å². The number of nitrogen functional groups attached to an aromatic ring is 1. The molecule has 10 nitrogen and oxygen atoms in total. The maximum absolute atomic E-state index is 12.7. The summed E-state index contributed by atoms with van der Waals surface area (Å²) in [6.45, 7) is 7.80. The molecule has 0 saturated heterocycles. The van der Waals surface area contributed by atoms with Crippen molar-refractivity contribution in [1.82, 2.24) is 9.88 Å². The van der Waals surface area contributed by atoms with Crippen molar-refractivity contribution in [1.29, 1.82) is 0 Å². The first-order valence-electron chi connectivity index (χ1n) is 11.3. The number of methoxy groups -OCH3 is 2. The minimum absolute atomic E-state index is 0.106. The maximum atomic E-state index is 12.7. The number of hydrogen-bond acceptors (Lipinski definition) is 10. The molecular weight excluding hydrogens is 454 g/mol. The van der Waals surface area contributed by atoms with Gasteiger partial charge in [0.25, 0.3) is 0 Å². The third-order valence-electron chi connectivity index (χ3n) is 4.09. The van der Waals surface area contributed by atoms with E-state index in [-0.39, 0.29) is 37.0 Å².